The predicted molar refractivity (Wildman–Crippen MR) is 168 cm³/mol. The highest BCUT2D eigenvalue weighted by Gasteiger charge is 2.39. The minimum atomic E-state index is -2.58. The number of nitrogens with one attached hydrogen (secondary N) is 1. The van der Waals surface area contributed by atoms with Gasteiger partial charge in [-0.15, -0.1) is 15.3 Å². The van der Waals surface area contributed by atoms with Crippen molar-refractivity contribution in [3.8, 4) is 17.1 Å². The van der Waals surface area contributed by atoms with Crippen molar-refractivity contribution in [1.29, 1.82) is 0 Å². The maximum Gasteiger partial charge on any atom is 0.228 e. The second kappa shape index (κ2) is 11.5. The van der Waals surface area contributed by atoms with E-state index in [-0.39, 0.29) is 35.5 Å². The number of hydrogen-bond acceptors (Lipinski definition) is 10. The Hall–Kier alpha value is -4.55. The monoisotopic (exact) mass is 616 g/mol. The highest BCUT2D eigenvalue weighted by Crippen LogP contribution is 2.39. The zero-order valence-corrected chi connectivity index (χ0v) is 25.0. The van der Waals surface area contributed by atoms with Crippen molar-refractivity contribution >= 4 is 51.4 Å². The third-order valence-electron chi connectivity index (χ3n) is 8.08. The number of carbonyl (C=O) groups is 1. The highest BCUT2D eigenvalue weighted by molar-refractivity contribution is 6.32. The molecule has 1 saturated heterocycles. The van der Waals surface area contributed by atoms with E-state index < -0.39 is 6.98 Å². The minimum Gasteiger partial charge on any atom is -0.497 e. The molecular formula is C31H32ClN9O3. The van der Waals surface area contributed by atoms with E-state index in [0.717, 1.165) is 17.7 Å². The molecule has 2 fully saturated rings. The number of pyridine rings is 2. The summed E-state index contributed by atoms with van der Waals surface area (Å²) in [5.41, 5.74) is 2.74. The van der Waals surface area contributed by atoms with Gasteiger partial charge in [0.25, 0.3) is 0 Å². The number of ether oxygens (including phenoxy) is 2. The fourth-order valence-electron chi connectivity index (χ4n) is 5.41. The number of morpholine rings is 1. The molecule has 1 amide bonds. The quantitative estimate of drug-likeness (QED) is 0.250. The molecule has 0 unspecified atom stereocenters. The van der Waals surface area contributed by atoms with Crippen LogP contribution in [-0.4, -0.2) is 76.1 Å². The smallest absolute Gasteiger partial charge is 0.228 e. The predicted octanol–water partition coefficient (Wildman–Crippen LogP) is 4.46. The molecule has 44 heavy (non-hydrogen) atoms. The van der Waals surface area contributed by atoms with E-state index in [1.165, 1.54) is 11.1 Å². The summed E-state index contributed by atoms with van der Waals surface area (Å²) in [4.78, 5) is 25.5. The van der Waals surface area contributed by atoms with E-state index in [2.05, 4.69) is 25.4 Å². The van der Waals surface area contributed by atoms with E-state index in [0.29, 0.717) is 65.5 Å². The zero-order chi connectivity index (χ0) is 32.9. The van der Waals surface area contributed by atoms with Crippen molar-refractivity contribution < 1.29 is 18.4 Å². The molecule has 1 aliphatic heterocycles. The Bertz CT molecular complexity index is 1970. The Morgan fingerprint density at radius 3 is 2.73 bits per heavy atom. The third-order valence-corrected chi connectivity index (χ3v) is 8.43. The van der Waals surface area contributed by atoms with Gasteiger partial charge in [-0.3, -0.25) is 4.79 Å². The van der Waals surface area contributed by atoms with Crippen LogP contribution in [0.15, 0.2) is 48.7 Å². The number of nitrogens with zero attached hydrogens (tertiary/aromatic N) is 8. The normalized spacial score (nSPS) is 19.3. The van der Waals surface area contributed by atoms with Crippen molar-refractivity contribution in [1.82, 2.24) is 29.8 Å². The van der Waals surface area contributed by atoms with Crippen LogP contribution in [0, 0.1) is 11.8 Å². The Labute approximate surface area is 263 Å². The lowest BCUT2D eigenvalue weighted by atomic mass is 10.1. The van der Waals surface area contributed by atoms with Gasteiger partial charge in [0.05, 0.1) is 26.0 Å². The minimum absolute atomic E-state index is 0.00815. The average Bonchev–Trinajstić information content (AvgIpc) is 3.65. The Morgan fingerprint density at radius 1 is 1.20 bits per heavy atom. The van der Waals surface area contributed by atoms with Gasteiger partial charge in [0.1, 0.15) is 11.3 Å². The van der Waals surface area contributed by atoms with Gasteiger partial charge < -0.3 is 24.6 Å². The van der Waals surface area contributed by atoms with Crippen LogP contribution in [0.2, 0.25) is 5.15 Å². The van der Waals surface area contributed by atoms with Gasteiger partial charge in [0, 0.05) is 53.8 Å². The van der Waals surface area contributed by atoms with Crippen molar-refractivity contribution in [2.24, 2.45) is 11.8 Å². The summed E-state index contributed by atoms with van der Waals surface area (Å²) in [7, 11) is 1.57. The van der Waals surface area contributed by atoms with Crippen LogP contribution >= 0.6 is 11.6 Å². The van der Waals surface area contributed by atoms with E-state index >= 15 is 0 Å². The summed E-state index contributed by atoms with van der Waals surface area (Å²) in [6.45, 7) is 2.05. The summed E-state index contributed by atoms with van der Waals surface area (Å²) < 4.78 is 37.5. The molecule has 5 aromatic rings. The van der Waals surface area contributed by atoms with E-state index in [1.807, 2.05) is 19.1 Å². The van der Waals surface area contributed by atoms with Crippen LogP contribution in [0.4, 0.5) is 17.3 Å². The summed E-state index contributed by atoms with van der Waals surface area (Å²) in [5.74, 6) is 1.35. The molecule has 7 rings (SSSR count). The number of aromatic nitrogens is 6. The van der Waals surface area contributed by atoms with Crippen molar-refractivity contribution in [2.75, 3.05) is 55.5 Å². The number of rotatable bonds is 8. The van der Waals surface area contributed by atoms with Gasteiger partial charge in [-0.1, -0.05) is 30.7 Å². The number of hydrogen-bond donors (Lipinski definition) is 1. The fourth-order valence-corrected chi connectivity index (χ4v) is 5.72. The van der Waals surface area contributed by atoms with Crippen LogP contribution in [-0.2, 0) is 16.1 Å². The summed E-state index contributed by atoms with van der Waals surface area (Å²) >= 11 is 6.85. The van der Waals surface area contributed by atoms with Gasteiger partial charge in [-0.05, 0) is 48.2 Å². The van der Waals surface area contributed by atoms with Crippen LogP contribution in [0.5, 0.6) is 5.75 Å². The Morgan fingerprint density at radius 2 is 2.00 bits per heavy atom. The van der Waals surface area contributed by atoms with E-state index in [9.17, 15) is 4.79 Å². The highest BCUT2D eigenvalue weighted by atomic mass is 35.5. The van der Waals surface area contributed by atoms with Crippen molar-refractivity contribution in [3.63, 3.8) is 0 Å². The zero-order valence-electron chi connectivity index (χ0n) is 27.2. The lowest BCUT2D eigenvalue weighted by Crippen LogP contribution is -2.36. The maximum absolute atomic E-state index is 12.8. The van der Waals surface area contributed by atoms with Gasteiger partial charge in [-0.2, -0.15) is 4.52 Å². The van der Waals surface area contributed by atoms with Gasteiger partial charge in [-0.25, -0.2) is 9.97 Å². The molecule has 226 valence electrons. The Balaban J connectivity index is 1.34. The number of amides is 1. The summed E-state index contributed by atoms with van der Waals surface area (Å²) in [6, 6.07) is 12.5. The molecular weight excluding hydrogens is 582 g/mol. The SMILES string of the molecule is [2H]C([2H])([2H])N(Cc1ccc(OC)cc1)c1ncc(-c2nc3ccc(N4CCOCC4)c(Cl)n3n2)c2cc(NC(=O)[C@H]3C[C@H]3C)nnc12. The second-order valence-corrected chi connectivity index (χ2v) is 11.4. The topological polar surface area (TPSA) is 123 Å². The average molecular weight is 617 g/mol. The first-order valence-corrected chi connectivity index (χ1v) is 14.7. The largest absolute Gasteiger partial charge is 0.497 e. The molecule has 0 spiro atoms. The third kappa shape index (κ3) is 5.35. The molecule has 5 heterocycles. The van der Waals surface area contributed by atoms with Gasteiger partial charge in [0.2, 0.25) is 5.91 Å². The molecule has 1 aromatic carbocycles. The number of anilines is 3. The molecule has 0 bridgehead atoms. The van der Waals surface area contributed by atoms with Gasteiger partial charge >= 0.3 is 0 Å². The van der Waals surface area contributed by atoms with E-state index in [1.54, 1.807) is 42.0 Å². The van der Waals surface area contributed by atoms with Crippen molar-refractivity contribution in [2.45, 2.75) is 19.9 Å². The molecule has 1 saturated carbocycles. The number of carbonyl (C=O) groups excluding carboxylic acids is 1. The maximum atomic E-state index is 12.8. The van der Waals surface area contributed by atoms with Crippen LogP contribution in [0.1, 0.15) is 23.0 Å². The first kappa shape index (κ1) is 24.8. The lowest BCUT2D eigenvalue weighted by Gasteiger charge is -2.29. The van der Waals surface area contributed by atoms with E-state index in [4.69, 9.17) is 35.3 Å². The molecule has 2 aliphatic rings. The molecule has 2 atom stereocenters. The standard InChI is InChI=1S/C31H32ClN9O3/c1-18-14-21(18)31(42)34-25-15-22-23(29-35-26-9-8-24(28(32)41(26)38-29)40-10-12-44-13-11-40)16-33-30(27(22)37-36-25)39(2)17-19-4-6-20(43-3)7-5-19/h4-9,15-16,18,21H,10-14,17H2,1-3H3,(H,34,36,42)/t18-,21+/m1/s1/i2D3. The Kier molecular flexibility index (Phi) is 6.50. The van der Waals surface area contributed by atoms with Crippen LogP contribution < -0.4 is 19.9 Å². The van der Waals surface area contributed by atoms with Gasteiger partial charge in [0.15, 0.2) is 28.3 Å². The molecule has 1 N–H and O–H groups in total. The number of fused-ring (bicyclic) bond motifs is 2. The number of halogens is 1. The number of benzene rings is 1. The van der Waals surface area contributed by atoms with Crippen molar-refractivity contribution in [3.05, 3.63) is 59.4 Å². The van der Waals surface area contributed by atoms with Crippen LogP contribution in [0.3, 0.4) is 0 Å². The van der Waals surface area contributed by atoms with Crippen LogP contribution in [0.25, 0.3) is 27.9 Å². The lowest BCUT2D eigenvalue weighted by molar-refractivity contribution is -0.117. The first-order valence-electron chi connectivity index (χ1n) is 15.9. The summed E-state index contributed by atoms with van der Waals surface area (Å²) in [5, 5.41) is 17.1. The number of methoxy groups -OCH3 is 1. The molecule has 1 aliphatic carbocycles. The first-order chi connectivity index (χ1) is 22.6. The molecule has 4 aromatic heterocycles. The second-order valence-electron chi connectivity index (χ2n) is 11.0. The molecule has 12 nitrogen and oxygen atoms in total. The summed E-state index contributed by atoms with van der Waals surface area (Å²) in [6.07, 6.45) is 2.33. The fraction of sp³-hybridized carbons (Fsp3) is 0.355. The molecule has 13 heteroatoms. The molecule has 0 radical (unpaired) electrons.